The number of carbonyl (C=O) groups excluding carboxylic acids is 1. The van der Waals surface area contributed by atoms with Crippen LogP contribution in [0.2, 0.25) is 0 Å². The van der Waals surface area contributed by atoms with Crippen LogP contribution in [0.15, 0.2) is 29.0 Å². The maximum absolute atomic E-state index is 11.7. The number of hydrogen-bond acceptors (Lipinski definition) is 5. The van der Waals surface area contributed by atoms with Crippen LogP contribution in [0, 0.1) is 0 Å². The van der Waals surface area contributed by atoms with Crippen LogP contribution in [-0.2, 0) is 17.8 Å². The molecule has 2 aromatic rings. The maximum Gasteiger partial charge on any atom is 0.229 e. The Morgan fingerprint density at radius 1 is 1.47 bits per heavy atom. The molecule has 0 aliphatic carbocycles. The molecule has 0 bridgehead atoms. The predicted octanol–water partition coefficient (Wildman–Crippen LogP) is 1.45. The summed E-state index contributed by atoms with van der Waals surface area (Å²) in [7, 11) is 0. The van der Waals surface area contributed by atoms with Gasteiger partial charge in [0.25, 0.3) is 0 Å². The molecule has 2 rings (SSSR count). The van der Waals surface area contributed by atoms with E-state index >= 15 is 0 Å². The first-order valence-electron chi connectivity index (χ1n) is 6.13. The highest BCUT2D eigenvalue weighted by molar-refractivity contribution is 5.77. The zero-order valence-corrected chi connectivity index (χ0v) is 11.0. The molecule has 6 nitrogen and oxygen atoms in total. The highest BCUT2D eigenvalue weighted by Crippen LogP contribution is 2.10. The van der Waals surface area contributed by atoms with Crippen LogP contribution in [-0.4, -0.2) is 21.0 Å². The van der Waals surface area contributed by atoms with Crippen molar-refractivity contribution in [2.75, 3.05) is 0 Å². The minimum atomic E-state index is -0.139. The second-order valence-electron chi connectivity index (χ2n) is 4.52. The standard InChI is InChI=1S/C13H16N4O2/c1-9(2)13-16-11(17-19-13)6-12(18)15-8-10-4-3-5-14-7-10/h3-5,7,9H,6,8H2,1-2H3,(H,15,18). The van der Waals surface area contributed by atoms with Crippen LogP contribution in [0.1, 0.15) is 37.0 Å². The zero-order chi connectivity index (χ0) is 13.7. The molecule has 0 aliphatic heterocycles. The summed E-state index contributed by atoms with van der Waals surface area (Å²) in [6, 6.07) is 3.73. The Balaban J connectivity index is 1.84. The highest BCUT2D eigenvalue weighted by Gasteiger charge is 2.12. The first-order valence-corrected chi connectivity index (χ1v) is 6.13. The third-order valence-electron chi connectivity index (χ3n) is 2.51. The molecule has 0 fully saturated rings. The van der Waals surface area contributed by atoms with Gasteiger partial charge in [-0.25, -0.2) is 0 Å². The quantitative estimate of drug-likeness (QED) is 0.880. The molecule has 100 valence electrons. The second kappa shape index (κ2) is 6.08. The topological polar surface area (TPSA) is 80.9 Å². The van der Waals surface area contributed by atoms with E-state index in [0.29, 0.717) is 18.3 Å². The van der Waals surface area contributed by atoms with Crippen molar-refractivity contribution in [3.8, 4) is 0 Å². The van der Waals surface area contributed by atoms with Gasteiger partial charge in [-0.15, -0.1) is 0 Å². The summed E-state index contributed by atoms with van der Waals surface area (Å²) in [5.74, 6) is 0.988. The first-order chi connectivity index (χ1) is 9.15. The highest BCUT2D eigenvalue weighted by atomic mass is 16.5. The lowest BCUT2D eigenvalue weighted by Gasteiger charge is -2.02. The molecular formula is C13H16N4O2. The first kappa shape index (κ1) is 13.2. The summed E-state index contributed by atoms with van der Waals surface area (Å²) in [5, 5.41) is 6.56. The predicted molar refractivity (Wildman–Crippen MR) is 68.2 cm³/mol. The van der Waals surface area contributed by atoms with Crippen molar-refractivity contribution in [3.05, 3.63) is 41.8 Å². The minimum Gasteiger partial charge on any atom is -0.352 e. The van der Waals surface area contributed by atoms with Gasteiger partial charge in [-0.05, 0) is 11.6 Å². The van der Waals surface area contributed by atoms with E-state index in [0.717, 1.165) is 5.56 Å². The van der Waals surface area contributed by atoms with Crippen molar-refractivity contribution in [2.45, 2.75) is 32.7 Å². The average molecular weight is 260 g/mol. The lowest BCUT2D eigenvalue weighted by atomic mass is 10.2. The molecule has 0 aromatic carbocycles. The van der Waals surface area contributed by atoms with Gasteiger partial charge in [0.2, 0.25) is 11.8 Å². The Morgan fingerprint density at radius 2 is 2.32 bits per heavy atom. The SMILES string of the molecule is CC(C)c1nc(CC(=O)NCc2cccnc2)no1. The van der Waals surface area contributed by atoms with Gasteiger partial charge in [-0.3, -0.25) is 9.78 Å². The fraction of sp³-hybridized carbons (Fsp3) is 0.385. The molecular weight excluding hydrogens is 244 g/mol. The Kier molecular flexibility index (Phi) is 4.22. The van der Waals surface area contributed by atoms with E-state index < -0.39 is 0 Å². The molecule has 0 atom stereocenters. The van der Waals surface area contributed by atoms with Crippen LogP contribution in [0.4, 0.5) is 0 Å². The number of aromatic nitrogens is 3. The van der Waals surface area contributed by atoms with Gasteiger partial charge in [-0.1, -0.05) is 25.1 Å². The van der Waals surface area contributed by atoms with Gasteiger partial charge in [0.05, 0.1) is 6.42 Å². The van der Waals surface area contributed by atoms with Crippen LogP contribution in [0.3, 0.4) is 0 Å². The number of carbonyl (C=O) groups is 1. The molecule has 0 saturated heterocycles. The molecule has 6 heteroatoms. The fourth-order valence-electron chi connectivity index (χ4n) is 1.48. The Morgan fingerprint density at radius 3 is 2.95 bits per heavy atom. The van der Waals surface area contributed by atoms with E-state index in [4.69, 9.17) is 4.52 Å². The lowest BCUT2D eigenvalue weighted by Crippen LogP contribution is -2.25. The molecule has 0 aliphatic rings. The molecule has 1 amide bonds. The Labute approximate surface area is 111 Å². The summed E-state index contributed by atoms with van der Waals surface area (Å²) in [5.41, 5.74) is 0.951. The van der Waals surface area contributed by atoms with Crippen molar-refractivity contribution in [2.24, 2.45) is 0 Å². The van der Waals surface area contributed by atoms with Gasteiger partial charge in [0.1, 0.15) is 0 Å². The number of pyridine rings is 1. The number of amides is 1. The van der Waals surface area contributed by atoms with Crippen molar-refractivity contribution < 1.29 is 9.32 Å². The summed E-state index contributed by atoms with van der Waals surface area (Å²) >= 11 is 0. The summed E-state index contributed by atoms with van der Waals surface area (Å²) in [4.78, 5) is 19.8. The zero-order valence-electron chi connectivity index (χ0n) is 11.0. The summed E-state index contributed by atoms with van der Waals surface area (Å²) in [6.07, 6.45) is 3.53. The number of nitrogens with zero attached hydrogens (tertiary/aromatic N) is 3. The van der Waals surface area contributed by atoms with Crippen LogP contribution in [0.25, 0.3) is 0 Å². The average Bonchev–Trinajstić information content (AvgIpc) is 2.86. The maximum atomic E-state index is 11.7. The second-order valence-corrected chi connectivity index (χ2v) is 4.52. The van der Waals surface area contributed by atoms with E-state index in [2.05, 4.69) is 20.4 Å². The van der Waals surface area contributed by atoms with Crippen molar-refractivity contribution in [3.63, 3.8) is 0 Å². The van der Waals surface area contributed by atoms with Gasteiger partial charge in [0, 0.05) is 24.9 Å². The lowest BCUT2D eigenvalue weighted by molar-refractivity contribution is -0.120. The van der Waals surface area contributed by atoms with E-state index in [-0.39, 0.29) is 18.2 Å². The number of hydrogen-bond donors (Lipinski definition) is 1. The number of rotatable bonds is 5. The van der Waals surface area contributed by atoms with Crippen LogP contribution < -0.4 is 5.32 Å². The smallest absolute Gasteiger partial charge is 0.229 e. The van der Waals surface area contributed by atoms with Crippen LogP contribution in [0.5, 0.6) is 0 Å². The normalized spacial score (nSPS) is 10.7. The van der Waals surface area contributed by atoms with E-state index in [9.17, 15) is 4.79 Å². The molecule has 0 radical (unpaired) electrons. The molecule has 2 heterocycles. The van der Waals surface area contributed by atoms with Gasteiger partial charge >= 0.3 is 0 Å². The third-order valence-corrected chi connectivity index (χ3v) is 2.51. The molecule has 0 spiro atoms. The van der Waals surface area contributed by atoms with Crippen molar-refractivity contribution in [1.82, 2.24) is 20.4 Å². The van der Waals surface area contributed by atoms with Crippen LogP contribution >= 0.6 is 0 Å². The molecule has 0 unspecified atom stereocenters. The summed E-state index contributed by atoms with van der Waals surface area (Å²) < 4.78 is 5.04. The Hall–Kier alpha value is -2.24. The van der Waals surface area contributed by atoms with E-state index in [1.807, 2.05) is 26.0 Å². The fourth-order valence-corrected chi connectivity index (χ4v) is 1.48. The monoisotopic (exact) mass is 260 g/mol. The van der Waals surface area contributed by atoms with E-state index in [1.165, 1.54) is 0 Å². The third kappa shape index (κ3) is 3.87. The van der Waals surface area contributed by atoms with Gasteiger partial charge in [0.15, 0.2) is 5.82 Å². The summed E-state index contributed by atoms with van der Waals surface area (Å²) in [6.45, 7) is 4.36. The van der Waals surface area contributed by atoms with Gasteiger partial charge < -0.3 is 9.84 Å². The number of nitrogens with one attached hydrogen (secondary N) is 1. The van der Waals surface area contributed by atoms with Crippen molar-refractivity contribution in [1.29, 1.82) is 0 Å². The minimum absolute atomic E-state index is 0.122. The molecule has 1 N–H and O–H groups in total. The van der Waals surface area contributed by atoms with Crippen molar-refractivity contribution >= 4 is 5.91 Å². The molecule has 0 saturated carbocycles. The largest absolute Gasteiger partial charge is 0.352 e. The van der Waals surface area contributed by atoms with E-state index in [1.54, 1.807) is 12.4 Å². The Bertz CT molecular complexity index is 537. The van der Waals surface area contributed by atoms with Gasteiger partial charge in [-0.2, -0.15) is 4.98 Å². The molecule has 2 aromatic heterocycles. The molecule has 19 heavy (non-hydrogen) atoms.